The minimum atomic E-state index is -3.68. The summed E-state index contributed by atoms with van der Waals surface area (Å²) in [6.07, 6.45) is 1.35. The molecule has 1 fully saturated rings. The summed E-state index contributed by atoms with van der Waals surface area (Å²) in [5.74, 6) is -0.438. The fourth-order valence-corrected chi connectivity index (χ4v) is 4.52. The molecule has 0 atom stereocenters. The number of halogens is 2. The number of aromatic nitrogens is 1. The topological polar surface area (TPSA) is 115 Å². The normalized spacial score (nSPS) is 14.9. The molecule has 1 aromatic heterocycles. The van der Waals surface area contributed by atoms with E-state index in [1.807, 2.05) is 0 Å². The molecule has 8 nitrogen and oxygen atoms in total. The average Bonchev–Trinajstić information content (AvgIpc) is 2.69. The van der Waals surface area contributed by atoms with Gasteiger partial charge in [-0.15, -0.1) is 12.4 Å². The van der Waals surface area contributed by atoms with Gasteiger partial charge in [0.25, 0.3) is 5.91 Å². The van der Waals surface area contributed by atoms with Gasteiger partial charge in [-0.25, -0.2) is 13.4 Å². The number of ether oxygens (including phenoxy) is 1. The highest BCUT2D eigenvalue weighted by molar-refractivity contribution is 7.89. The number of rotatable bonds is 5. The number of carbonyl (C=O) groups excluding carboxylic acids is 1. The first-order valence-electron chi connectivity index (χ1n) is 8.24. The summed E-state index contributed by atoms with van der Waals surface area (Å²) in [6.45, 7) is 1.34. The highest BCUT2D eigenvalue weighted by Gasteiger charge is 2.28. The number of nitrogens with two attached hydrogens (primary N) is 1. The number of hydrogen-bond donors (Lipinski definition) is 2. The molecule has 3 rings (SSSR count). The molecule has 2 heterocycles. The SMILES string of the molecule is Cl.Nc1ncc(Cl)cc1C(=O)NCc1ccccc1S(=O)(=O)N1CCOCC1. The maximum absolute atomic E-state index is 12.9. The molecule has 28 heavy (non-hydrogen) atoms. The van der Waals surface area contributed by atoms with Crippen molar-refractivity contribution in [2.45, 2.75) is 11.4 Å². The van der Waals surface area contributed by atoms with Crippen LogP contribution in [-0.2, 0) is 21.3 Å². The molecule has 152 valence electrons. The van der Waals surface area contributed by atoms with Gasteiger partial charge in [0, 0.05) is 25.8 Å². The Morgan fingerprint density at radius 3 is 2.68 bits per heavy atom. The third-order valence-corrected chi connectivity index (χ3v) is 6.34. The second-order valence-corrected chi connectivity index (χ2v) is 8.24. The van der Waals surface area contributed by atoms with Gasteiger partial charge in [-0.1, -0.05) is 29.8 Å². The maximum atomic E-state index is 12.9. The molecule has 1 aliphatic heterocycles. The van der Waals surface area contributed by atoms with Gasteiger partial charge in [0.2, 0.25) is 10.0 Å². The number of morpholine rings is 1. The van der Waals surface area contributed by atoms with Crippen molar-refractivity contribution < 1.29 is 17.9 Å². The third kappa shape index (κ3) is 4.92. The van der Waals surface area contributed by atoms with Crippen LogP contribution in [0.5, 0.6) is 0 Å². The monoisotopic (exact) mass is 446 g/mol. The van der Waals surface area contributed by atoms with Crippen molar-refractivity contribution in [3.63, 3.8) is 0 Å². The number of nitrogens with one attached hydrogen (secondary N) is 1. The lowest BCUT2D eigenvalue weighted by atomic mass is 10.2. The Balaban J connectivity index is 0.00000280. The zero-order chi connectivity index (χ0) is 19.4. The Kier molecular flexibility index (Phi) is 7.62. The Labute approximate surface area is 174 Å². The van der Waals surface area contributed by atoms with E-state index in [-0.39, 0.29) is 40.3 Å². The largest absolute Gasteiger partial charge is 0.383 e. The van der Waals surface area contributed by atoms with E-state index in [4.69, 9.17) is 22.1 Å². The number of anilines is 1. The smallest absolute Gasteiger partial charge is 0.255 e. The van der Waals surface area contributed by atoms with Crippen LogP contribution < -0.4 is 11.1 Å². The molecule has 0 radical (unpaired) electrons. The van der Waals surface area contributed by atoms with Gasteiger partial charge in [0.05, 0.1) is 28.7 Å². The van der Waals surface area contributed by atoms with Crippen molar-refractivity contribution in [2.75, 3.05) is 32.0 Å². The maximum Gasteiger partial charge on any atom is 0.255 e. The zero-order valence-electron chi connectivity index (χ0n) is 14.8. The lowest BCUT2D eigenvalue weighted by Crippen LogP contribution is -2.41. The van der Waals surface area contributed by atoms with E-state index >= 15 is 0 Å². The van der Waals surface area contributed by atoms with Crippen LogP contribution in [0.4, 0.5) is 5.82 Å². The summed E-state index contributed by atoms with van der Waals surface area (Å²) >= 11 is 5.86. The van der Waals surface area contributed by atoms with Gasteiger partial charge in [0.1, 0.15) is 5.82 Å². The summed E-state index contributed by atoms with van der Waals surface area (Å²) in [7, 11) is -3.68. The molecule has 2 aromatic rings. The quantitative estimate of drug-likeness (QED) is 0.721. The first-order valence-corrected chi connectivity index (χ1v) is 10.1. The van der Waals surface area contributed by atoms with E-state index in [2.05, 4.69) is 10.3 Å². The minimum Gasteiger partial charge on any atom is -0.383 e. The summed E-state index contributed by atoms with van der Waals surface area (Å²) in [5.41, 5.74) is 6.32. The van der Waals surface area contributed by atoms with Crippen molar-refractivity contribution in [3.8, 4) is 0 Å². The molecule has 0 bridgehead atoms. The van der Waals surface area contributed by atoms with Crippen molar-refractivity contribution in [1.29, 1.82) is 0 Å². The van der Waals surface area contributed by atoms with Gasteiger partial charge in [0.15, 0.2) is 0 Å². The second-order valence-electron chi connectivity index (χ2n) is 5.89. The zero-order valence-corrected chi connectivity index (χ0v) is 17.2. The van der Waals surface area contributed by atoms with Crippen molar-refractivity contribution in [3.05, 3.63) is 52.7 Å². The number of benzene rings is 1. The van der Waals surface area contributed by atoms with Crippen molar-refractivity contribution in [2.24, 2.45) is 0 Å². The van der Waals surface area contributed by atoms with Gasteiger partial charge in [-0.05, 0) is 17.7 Å². The summed E-state index contributed by atoms with van der Waals surface area (Å²) in [6, 6.07) is 7.97. The lowest BCUT2D eigenvalue weighted by Gasteiger charge is -2.27. The fraction of sp³-hybridized carbons (Fsp3) is 0.294. The van der Waals surface area contributed by atoms with Crippen LogP contribution in [0.15, 0.2) is 41.4 Å². The molecule has 0 unspecified atom stereocenters. The van der Waals surface area contributed by atoms with E-state index in [1.54, 1.807) is 18.2 Å². The molecule has 11 heteroatoms. The first kappa shape index (κ1) is 22.4. The summed E-state index contributed by atoms with van der Waals surface area (Å²) in [4.78, 5) is 16.4. The van der Waals surface area contributed by atoms with Crippen LogP contribution >= 0.6 is 24.0 Å². The number of nitrogen functional groups attached to an aromatic ring is 1. The predicted octanol–water partition coefficient (Wildman–Crippen LogP) is 1.69. The van der Waals surface area contributed by atoms with Crippen LogP contribution in [0.25, 0.3) is 0 Å². The third-order valence-electron chi connectivity index (χ3n) is 4.13. The summed E-state index contributed by atoms with van der Waals surface area (Å²) in [5, 5.41) is 2.96. The van der Waals surface area contributed by atoms with Gasteiger partial charge < -0.3 is 15.8 Å². The molecular formula is C17H20Cl2N4O4S. The number of sulfonamides is 1. The lowest BCUT2D eigenvalue weighted by molar-refractivity contribution is 0.0730. The van der Waals surface area contributed by atoms with E-state index in [0.717, 1.165) is 0 Å². The van der Waals surface area contributed by atoms with Gasteiger partial charge in [-0.2, -0.15) is 4.31 Å². The van der Waals surface area contributed by atoms with Gasteiger partial charge in [-0.3, -0.25) is 4.79 Å². The Hall–Kier alpha value is -1.91. The molecular weight excluding hydrogens is 427 g/mol. The number of pyridine rings is 1. The van der Waals surface area contributed by atoms with Crippen LogP contribution in [-0.4, -0.2) is 49.9 Å². The average molecular weight is 447 g/mol. The van der Waals surface area contributed by atoms with E-state index in [1.165, 1.54) is 22.6 Å². The number of hydrogen-bond acceptors (Lipinski definition) is 6. The number of nitrogens with zero attached hydrogens (tertiary/aromatic N) is 2. The minimum absolute atomic E-state index is 0. The molecule has 1 saturated heterocycles. The Morgan fingerprint density at radius 1 is 1.29 bits per heavy atom. The van der Waals surface area contributed by atoms with E-state index in [9.17, 15) is 13.2 Å². The molecule has 0 aliphatic carbocycles. The van der Waals surface area contributed by atoms with Crippen molar-refractivity contribution in [1.82, 2.24) is 14.6 Å². The van der Waals surface area contributed by atoms with Crippen LogP contribution in [0, 0.1) is 0 Å². The number of carbonyl (C=O) groups is 1. The second kappa shape index (κ2) is 9.53. The van der Waals surface area contributed by atoms with E-state index < -0.39 is 15.9 Å². The standard InChI is InChI=1S/C17H19ClN4O4S.ClH/c18-13-9-14(16(19)20-11-13)17(23)21-10-12-3-1-2-4-15(12)27(24,25)22-5-7-26-8-6-22;/h1-4,9,11H,5-8,10H2,(H2,19,20)(H,21,23);1H. The molecule has 0 spiro atoms. The molecule has 1 aliphatic rings. The highest BCUT2D eigenvalue weighted by Crippen LogP contribution is 2.21. The van der Waals surface area contributed by atoms with Crippen LogP contribution in [0.2, 0.25) is 5.02 Å². The molecule has 1 amide bonds. The summed E-state index contributed by atoms with van der Waals surface area (Å²) < 4.78 is 32.5. The Bertz CT molecular complexity index is 950. The molecule has 1 aromatic carbocycles. The Morgan fingerprint density at radius 2 is 1.96 bits per heavy atom. The van der Waals surface area contributed by atoms with E-state index in [0.29, 0.717) is 31.9 Å². The van der Waals surface area contributed by atoms with Gasteiger partial charge >= 0.3 is 0 Å². The highest BCUT2D eigenvalue weighted by atomic mass is 35.5. The molecule has 3 N–H and O–H groups in total. The predicted molar refractivity (Wildman–Crippen MR) is 108 cm³/mol. The first-order chi connectivity index (χ1) is 12.9. The van der Waals surface area contributed by atoms with Crippen molar-refractivity contribution >= 4 is 45.8 Å². The molecule has 0 saturated carbocycles. The van der Waals surface area contributed by atoms with Crippen LogP contribution in [0.1, 0.15) is 15.9 Å². The fourth-order valence-electron chi connectivity index (χ4n) is 2.73. The number of amides is 1. The van der Waals surface area contributed by atoms with Crippen LogP contribution in [0.3, 0.4) is 0 Å².